The molecule has 1 aromatic heterocycles. The number of H-pyrrole nitrogens is 1. The summed E-state index contributed by atoms with van der Waals surface area (Å²) in [5.74, 6) is 0.262. The fourth-order valence-electron chi connectivity index (χ4n) is 2.35. The number of nitrogens with two attached hydrogens (primary N) is 1. The molecule has 20 heavy (non-hydrogen) atoms. The first-order chi connectivity index (χ1) is 9.43. The van der Waals surface area contributed by atoms with Crippen LogP contribution in [0.2, 0.25) is 0 Å². The molecule has 0 bridgehead atoms. The second-order valence-electron chi connectivity index (χ2n) is 5.70. The van der Waals surface area contributed by atoms with E-state index in [1.54, 1.807) is 0 Å². The number of aromatic amines is 1. The summed E-state index contributed by atoms with van der Waals surface area (Å²) in [6.45, 7) is 8.67. The first kappa shape index (κ1) is 14.6. The van der Waals surface area contributed by atoms with Crippen molar-refractivity contribution in [2.24, 2.45) is 11.7 Å². The van der Waals surface area contributed by atoms with E-state index in [1.807, 2.05) is 25.1 Å². The Bertz CT molecular complexity index is 628. The minimum absolute atomic E-state index is 0.00672. The molecule has 1 amide bonds. The van der Waals surface area contributed by atoms with Crippen molar-refractivity contribution in [2.75, 3.05) is 6.54 Å². The summed E-state index contributed by atoms with van der Waals surface area (Å²) >= 11 is 0. The molecule has 0 saturated heterocycles. The van der Waals surface area contributed by atoms with Gasteiger partial charge in [0.1, 0.15) is 0 Å². The number of amides is 1. The number of fused-ring (bicyclic) bond motifs is 1. The average molecular weight is 273 g/mol. The van der Waals surface area contributed by atoms with E-state index in [-0.39, 0.29) is 11.9 Å². The van der Waals surface area contributed by atoms with Gasteiger partial charge in [-0.15, -0.1) is 0 Å². The lowest BCUT2D eigenvalue weighted by Gasteiger charge is -2.20. The Morgan fingerprint density at radius 1 is 1.35 bits per heavy atom. The summed E-state index contributed by atoms with van der Waals surface area (Å²) in [6.07, 6.45) is 0. The van der Waals surface area contributed by atoms with E-state index in [4.69, 9.17) is 5.73 Å². The maximum Gasteiger partial charge on any atom is 0.251 e. The number of aromatic nitrogens is 1. The van der Waals surface area contributed by atoms with Crippen LogP contribution < -0.4 is 11.1 Å². The van der Waals surface area contributed by atoms with Crippen molar-refractivity contribution in [3.05, 3.63) is 35.0 Å². The predicted molar refractivity (Wildman–Crippen MR) is 82.9 cm³/mol. The fourth-order valence-corrected chi connectivity index (χ4v) is 2.35. The maximum absolute atomic E-state index is 12.3. The standard InChI is InChI=1S/C16H23N3O/c1-9(2)15(8-17)19-16(20)12-5-6-14-13(7-12)10(3)11(4)18-14/h5-7,9,15,18H,8,17H2,1-4H3,(H,19,20). The Kier molecular flexibility index (Phi) is 4.14. The van der Waals surface area contributed by atoms with Gasteiger partial charge in [-0.05, 0) is 43.5 Å². The van der Waals surface area contributed by atoms with Crippen LogP contribution in [0.1, 0.15) is 35.5 Å². The number of hydrogen-bond donors (Lipinski definition) is 3. The largest absolute Gasteiger partial charge is 0.358 e. The number of carbonyl (C=O) groups excluding carboxylic acids is 1. The molecule has 0 aliphatic carbocycles. The molecule has 1 heterocycles. The van der Waals surface area contributed by atoms with Gasteiger partial charge in [0.05, 0.1) is 0 Å². The number of benzene rings is 1. The fraction of sp³-hybridized carbons (Fsp3) is 0.438. The van der Waals surface area contributed by atoms with Crippen molar-refractivity contribution in [3.8, 4) is 0 Å². The van der Waals surface area contributed by atoms with Crippen molar-refractivity contribution in [1.82, 2.24) is 10.3 Å². The van der Waals surface area contributed by atoms with Gasteiger partial charge in [0.15, 0.2) is 0 Å². The molecule has 1 atom stereocenters. The first-order valence-corrected chi connectivity index (χ1v) is 7.04. The molecule has 0 aliphatic heterocycles. The van der Waals surface area contributed by atoms with Crippen molar-refractivity contribution in [2.45, 2.75) is 33.7 Å². The minimum atomic E-state index is -0.0608. The highest BCUT2D eigenvalue weighted by Crippen LogP contribution is 2.22. The van der Waals surface area contributed by atoms with E-state index in [2.05, 4.69) is 31.1 Å². The molecule has 4 heteroatoms. The Balaban J connectivity index is 2.28. The van der Waals surface area contributed by atoms with Crippen LogP contribution in [0.3, 0.4) is 0 Å². The van der Waals surface area contributed by atoms with Gasteiger partial charge in [0, 0.05) is 34.7 Å². The lowest BCUT2D eigenvalue weighted by Crippen LogP contribution is -2.43. The Labute approximate surface area is 119 Å². The third-order valence-electron chi connectivity index (χ3n) is 3.95. The molecule has 0 saturated carbocycles. The zero-order valence-electron chi connectivity index (χ0n) is 12.6. The van der Waals surface area contributed by atoms with Crippen molar-refractivity contribution >= 4 is 16.8 Å². The van der Waals surface area contributed by atoms with Crippen LogP contribution in [0.4, 0.5) is 0 Å². The Hall–Kier alpha value is -1.81. The number of nitrogens with one attached hydrogen (secondary N) is 2. The summed E-state index contributed by atoms with van der Waals surface area (Å²) in [7, 11) is 0. The van der Waals surface area contributed by atoms with Crippen LogP contribution in [0.25, 0.3) is 10.9 Å². The molecule has 0 fully saturated rings. The van der Waals surface area contributed by atoms with E-state index in [9.17, 15) is 4.79 Å². The molecule has 1 unspecified atom stereocenters. The third kappa shape index (κ3) is 2.70. The zero-order chi connectivity index (χ0) is 14.9. The van der Waals surface area contributed by atoms with Crippen LogP contribution in [-0.2, 0) is 0 Å². The number of rotatable bonds is 4. The van der Waals surface area contributed by atoms with E-state index >= 15 is 0 Å². The molecule has 0 aliphatic rings. The third-order valence-corrected chi connectivity index (χ3v) is 3.95. The summed E-state index contributed by atoms with van der Waals surface area (Å²) < 4.78 is 0. The van der Waals surface area contributed by atoms with Crippen molar-refractivity contribution in [1.29, 1.82) is 0 Å². The second-order valence-corrected chi connectivity index (χ2v) is 5.70. The van der Waals surface area contributed by atoms with E-state index in [1.165, 1.54) is 5.56 Å². The quantitative estimate of drug-likeness (QED) is 0.801. The van der Waals surface area contributed by atoms with Crippen LogP contribution in [-0.4, -0.2) is 23.5 Å². The van der Waals surface area contributed by atoms with Crippen LogP contribution >= 0.6 is 0 Å². The van der Waals surface area contributed by atoms with Gasteiger partial charge < -0.3 is 16.0 Å². The lowest BCUT2D eigenvalue weighted by molar-refractivity contribution is 0.0928. The van der Waals surface area contributed by atoms with Crippen LogP contribution in [0, 0.1) is 19.8 Å². The molecule has 4 N–H and O–H groups in total. The SMILES string of the molecule is Cc1[nH]c2ccc(C(=O)NC(CN)C(C)C)cc2c1C. The number of aryl methyl sites for hydroxylation is 2. The van der Waals surface area contributed by atoms with Gasteiger partial charge in [-0.1, -0.05) is 13.8 Å². The highest BCUT2D eigenvalue weighted by Gasteiger charge is 2.16. The zero-order valence-corrected chi connectivity index (χ0v) is 12.6. The van der Waals surface area contributed by atoms with E-state index < -0.39 is 0 Å². The van der Waals surface area contributed by atoms with Gasteiger partial charge in [0.2, 0.25) is 0 Å². The average Bonchev–Trinajstić information content (AvgIpc) is 2.70. The van der Waals surface area contributed by atoms with E-state index in [0.29, 0.717) is 18.0 Å². The molecule has 0 spiro atoms. The van der Waals surface area contributed by atoms with Gasteiger partial charge >= 0.3 is 0 Å². The smallest absolute Gasteiger partial charge is 0.251 e. The Morgan fingerprint density at radius 2 is 2.05 bits per heavy atom. The van der Waals surface area contributed by atoms with Gasteiger partial charge in [0.25, 0.3) is 5.91 Å². The van der Waals surface area contributed by atoms with Gasteiger partial charge in [-0.25, -0.2) is 0 Å². The van der Waals surface area contributed by atoms with Gasteiger partial charge in [-0.2, -0.15) is 0 Å². The molecule has 2 aromatic rings. The summed E-state index contributed by atoms with van der Waals surface area (Å²) in [4.78, 5) is 15.6. The molecule has 1 aromatic carbocycles. The number of hydrogen-bond acceptors (Lipinski definition) is 2. The topological polar surface area (TPSA) is 70.9 Å². The van der Waals surface area contributed by atoms with Crippen LogP contribution in [0.15, 0.2) is 18.2 Å². The molecular weight excluding hydrogens is 250 g/mol. The monoisotopic (exact) mass is 273 g/mol. The maximum atomic E-state index is 12.3. The summed E-state index contributed by atoms with van der Waals surface area (Å²) in [5, 5.41) is 4.10. The number of carbonyl (C=O) groups is 1. The highest BCUT2D eigenvalue weighted by atomic mass is 16.1. The summed E-state index contributed by atoms with van der Waals surface area (Å²) in [6, 6.07) is 5.75. The van der Waals surface area contributed by atoms with E-state index in [0.717, 1.165) is 16.6 Å². The first-order valence-electron chi connectivity index (χ1n) is 7.04. The van der Waals surface area contributed by atoms with Crippen molar-refractivity contribution in [3.63, 3.8) is 0 Å². The molecule has 0 radical (unpaired) electrons. The second kappa shape index (κ2) is 5.67. The van der Waals surface area contributed by atoms with Gasteiger partial charge in [-0.3, -0.25) is 4.79 Å². The molecule has 4 nitrogen and oxygen atoms in total. The molecular formula is C16H23N3O. The minimum Gasteiger partial charge on any atom is -0.358 e. The molecule has 108 valence electrons. The lowest BCUT2D eigenvalue weighted by atomic mass is 10.0. The highest BCUT2D eigenvalue weighted by molar-refractivity contribution is 5.99. The van der Waals surface area contributed by atoms with Crippen molar-refractivity contribution < 1.29 is 4.79 Å². The summed E-state index contributed by atoms with van der Waals surface area (Å²) in [5.41, 5.74) is 9.77. The Morgan fingerprint density at radius 3 is 2.65 bits per heavy atom. The normalized spacial score (nSPS) is 12.9. The predicted octanol–water partition coefficient (Wildman–Crippen LogP) is 2.50. The van der Waals surface area contributed by atoms with Crippen LogP contribution in [0.5, 0.6) is 0 Å². The molecule has 2 rings (SSSR count).